The maximum Gasteiger partial charge on any atom is 0.401 e. The first-order valence-electron chi connectivity index (χ1n) is 6.42. The Hall–Kier alpha value is -0.980. The summed E-state index contributed by atoms with van der Waals surface area (Å²) < 4.78 is 37.0. The van der Waals surface area contributed by atoms with Crippen LogP contribution in [0.2, 0.25) is 5.02 Å². The number of benzene rings is 1. The van der Waals surface area contributed by atoms with Gasteiger partial charge in [-0.3, -0.25) is 4.90 Å². The van der Waals surface area contributed by atoms with Crippen LogP contribution in [0.3, 0.4) is 0 Å². The van der Waals surface area contributed by atoms with Crippen molar-refractivity contribution < 1.29 is 13.2 Å². The van der Waals surface area contributed by atoms with Crippen LogP contribution in [0.4, 0.5) is 18.9 Å². The van der Waals surface area contributed by atoms with E-state index in [0.717, 1.165) is 11.3 Å². The third-order valence-electron chi connectivity index (χ3n) is 3.41. The summed E-state index contributed by atoms with van der Waals surface area (Å²) in [6.07, 6.45) is -4.14. The summed E-state index contributed by atoms with van der Waals surface area (Å²) in [5, 5.41) is 0.600. The maximum atomic E-state index is 12.3. The molecular formula is C13H17ClF3N3. The second kappa shape index (κ2) is 6.20. The van der Waals surface area contributed by atoms with Crippen molar-refractivity contribution in [2.45, 2.75) is 12.7 Å². The lowest BCUT2D eigenvalue weighted by Crippen LogP contribution is -2.49. The Labute approximate surface area is 121 Å². The number of halogens is 4. The van der Waals surface area contributed by atoms with E-state index in [1.54, 1.807) is 6.07 Å². The molecule has 0 bridgehead atoms. The standard InChI is InChI=1S/C13H17ClF3N3/c14-11-2-1-3-12(10(11)8-18)20-6-4-19(5-7-20)9-13(15,16)17/h1-3H,4-9,18H2. The monoisotopic (exact) mass is 307 g/mol. The summed E-state index contributed by atoms with van der Waals surface area (Å²) in [4.78, 5) is 3.46. The van der Waals surface area contributed by atoms with Gasteiger partial charge in [0.05, 0.1) is 6.54 Å². The highest BCUT2D eigenvalue weighted by Crippen LogP contribution is 2.28. The fourth-order valence-electron chi connectivity index (χ4n) is 2.45. The molecule has 112 valence electrons. The molecule has 0 spiro atoms. The van der Waals surface area contributed by atoms with Gasteiger partial charge in [0.2, 0.25) is 0 Å². The van der Waals surface area contributed by atoms with Gasteiger partial charge in [-0.25, -0.2) is 0 Å². The molecule has 1 aromatic rings. The molecule has 1 aliphatic rings. The van der Waals surface area contributed by atoms with Crippen molar-refractivity contribution in [3.8, 4) is 0 Å². The average Bonchev–Trinajstić information content (AvgIpc) is 2.37. The molecular weight excluding hydrogens is 291 g/mol. The van der Waals surface area contributed by atoms with E-state index in [1.807, 2.05) is 17.0 Å². The van der Waals surface area contributed by atoms with Gasteiger partial charge in [-0.15, -0.1) is 0 Å². The number of anilines is 1. The fraction of sp³-hybridized carbons (Fsp3) is 0.538. The van der Waals surface area contributed by atoms with E-state index >= 15 is 0 Å². The third-order valence-corrected chi connectivity index (χ3v) is 3.77. The number of hydrogen-bond acceptors (Lipinski definition) is 3. The Balaban J connectivity index is 2.02. The van der Waals surface area contributed by atoms with Crippen LogP contribution in [-0.2, 0) is 6.54 Å². The molecule has 0 amide bonds. The normalized spacial score (nSPS) is 17.6. The highest BCUT2D eigenvalue weighted by atomic mass is 35.5. The van der Waals surface area contributed by atoms with Crippen LogP contribution < -0.4 is 10.6 Å². The number of nitrogens with two attached hydrogens (primary N) is 1. The topological polar surface area (TPSA) is 32.5 Å². The molecule has 1 aliphatic heterocycles. The molecule has 1 heterocycles. The van der Waals surface area contributed by atoms with Crippen molar-refractivity contribution in [2.24, 2.45) is 5.73 Å². The van der Waals surface area contributed by atoms with Gasteiger partial charge in [0, 0.05) is 49.0 Å². The summed E-state index contributed by atoms with van der Waals surface area (Å²) in [6.45, 7) is 1.33. The minimum atomic E-state index is -4.14. The summed E-state index contributed by atoms with van der Waals surface area (Å²) in [5.74, 6) is 0. The summed E-state index contributed by atoms with van der Waals surface area (Å²) in [7, 11) is 0. The first-order chi connectivity index (χ1) is 9.40. The number of nitrogens with zero attached hydrogens (tertiary/aromatic N) is 2. The first-order valence-corrected chi connectivity index (χ1v) is 6.80. The van der Waals surface area contributed by atoms with Crippen molar-refractivity contribution in [1.82, 2.24) is 4.90 Å². The van der Waals surface area contributed by atoms with E-state index in [-0.39, 0.29) is 0 Å². The van der Waals surface area contributed by atoms with Gasteiger partial charge in [-0.2, -0.15) is 13.2 Å². The molecule has 3 nitrogen and oxygen atoms in total. The van der Waals surface area contributed by atoms with E-state index in [4.69, 9.17) is 17.3 Å². The van der Waals surface area contributed by atoms with Crippen LogP contribution in [0.25, 0.3) is 0 Å². The van der Waals surface area contributed by atoms with E-state index in [2.05, 4.69) is 0 Å². The van der Waals surface area contributed by atoms with Crippen LogP contribution in [0, 0.1) is 0 Å². The van der Waals surface area contributed by atoms with Crippen LogP contribution in [-0.4, -0.2) is 43.8 Å². The van der Waals surface area contributed by atoms with Gasteiger partial charge >= 0.3 is 6.18 Å². The van der Waals surface area contributed by atoms with Crippen LogP contribution in [0.1, 0.15) is 5.56 Å². The number of piperazine rings is 1. The maximum absolute atomic E-state index is 12.3. The molecule has 0 atom stereocenters. The van der Waals surface area contributed by atoms with E-state index < -0.39 is 12.7 Å². The van der Waals surface area contributed by atoms with Crippen LogP contribution in [0.15, 0.2) is 18.2 Å². The molecule has 0 radical (unpaired) electrons. The third kappa shape index (κ3) is 3.77. The minimum absolute atomic E-state index is 0.317. The van der Waals surface area contributed by atoms with Crippen molar-refractivity contribution in [3.05, 3.63) is 28.8 Å². The molecule has 1 fully saturated rings. The van der Waals surface area contributed by atoms with Crippen LogP contribution in [0.5, 0.6) is 0 Å². The Kier molecular flexibility index (Phi) is 4.78. The Bertz CT molecular complexity index is 457. The number of rotatable bonds is 3. The predicted octanol–water partition coefficient (Wildman–Crippen LogP) is 2.48. The summed E-state index contributed by atoms with van der Waals surface area (Å²) in [5.41, 5.74) is 7.47. The zero-order valence-corrected chi connectivity index (χ0v) is 11.7. The van der Waals surface area contributed by atoms with Gasteiger partial charge in [0.15, 0.2) is 0 Å². The van der Waals surface area contributed by atoms with Gasteiger partial charge in [-0.05, 0) is 12.1 Å². The van der Waals surface area contributed by atoms with E-state index in [0.29, 0.717) is 37.7 Å². The van der Waals surface area contributed by atoms with Crippen molar-refractivity contribution in [1.29, 1.82) is 0 Å². The lowest BCUT2D eigenvalue weighted by molar-refractivity contribution is -0.146. The second-order valence-electron chi connectivity index (χ2n) is 4.82. The quantitative estimate of drug-likeness (QED) is 0.931. The molecule has 0 aliphatic carbocycles. The van der Waals surface area contributed by atoms with Crippen molar-refractivity contribution in [2.75, 3.05) is 37.6 Å². The zero-order chi connectivity index (χ0) is 14.8. The Morgan fingerprint density at radius 3 is 2.35 bits per heavy atom. The zero-order valence-electron chi connectivity index (χ0n) is 11.0. The average molecular weight is 308 g/mol. The molecule has 1 aromatic carbocycles. The molecule has 0 saturated carbocycles. The summed E-state index contributed by atoms with van der Waals surface area (Å²) >= 11 is 6.10. The van der Waals surface area contributed by atoms with E-state index in [9.17, 15) is 13.2 Å². The molecule has 0 aromatic heterocycles. The molecule has 0 unspecified atom stereocenters. The smallest absolute Gasteiger partial charge is 0.369 e. The molecule has 2 N–H and O–H groups in total. The molecule has 2 rings (SSSR count). The van der Waals surface area contributed by atoms with Gasteiger partial charge in [-0.1, -0.05) is 17.7 Å². The summed E-state index contributed by atoms with van der Waals surface area (Å²) in [6, 6.07) is 5.51. The van der Waals surface area contributed by atoms with Gasteiger partial charge in [0.1, 0.15) is 0 Å². The predicted molar refractivity (Wildman–Crippen MR) is 74.1 cm³/mol. The van der Waals surface area contributed by atoms with Crippen LogP contribution >= 0.6 is 11.6 Å². The minimum Gasteiger partial charge on any atom is -0.369 e. The molecule has 1 saturated heterocycles. The van der Waals surface area contributed by atoms with Gasteiger partial charge < -0.3 is 10.6 Å². The molecule has 7 heteroatoms. The lowest BCUT2D eigenvalue weighted by atomic mass is 10.1. The largest absolute Gasteiger partial charge is 0.401 e. The highest BCUT2D eigenvalue weighted by molar-refractivity contribution is 6.31. The fourth-order valence-corrected chi connectivity index (χ4v) is 2.69. The number of alkyl halides is 3. The number of hydrogen-bond donors (Lipinski definition) is 1. The van der Waals surface area contributed by atoms with Crippen molar-refractivity contribution in [3.63, 3.8) is 0 Å². The first kappa shape index (κ1) is 15.4. The lowest BCUT2D eigenvalue weighted by Gasteiger charge is -2.37. The van der Waals surface area contributed by atoms with Gasteiger partial charge in [0.25, 0.3) is 0 Å². The van der Waals surface area contributed by atoms with Crippen molar-refractivity contribution >= 4 is 17.3 Å². The second-order valence-corrected chi connectivity index (χ2v) is 5.23. The van der Waals surface area contributed by atoms with E-state index in [1.165, 1.54) is 4.90 Å². The Morgan fingerprint density at radius 2 is 1.80 bits per heavy atom. The SMILES string of the molecule is NCc1c(Cl)cccc1N1CCN(CC(F)(F)F)CC1. The Morgan fingerprint density at radius 1 is 1.15 bits per heavy atom. The molecule has 20 heavy (non-hydrogen) atoms. The highest BCUT2D eigenvalue weighted by Gasteiger charge is 2.32.